The van der Waals surface area contributed by atoms with Crippen molar-refractivity contribution >= 4 is 11.9 Å². The molecule has 1 aliphatic carbocycles. The number of amides is 1. The number of carboxylic acid groups (broad SMARTS) is 1. The van der Waals surface area contributed by atoms with Gasteiger partial charge >= 0.3 is 5.97 Å². The lowest BCUT2D eigenvalue weighted by Gasteiger charge is -2.23. The molecule has 1 heterocycles. The number of carbonyl (C=O) groups excluding carboxylic acids is 1. The number of carbonyl (C=O) groups is 2. The van der Waals surface area contributed by atoms with E-state index in [1.54, 1.807) is 17.9 Å². The van der Waals surface area contributed by atoms with Crippen LogP contribution in [0.5, 0.6) is 0 Å². The van der Waals surface area contributed by atoms with Crippen LogP contribution in [-0.2, 0) is 23.1 Å². The van der Waals surface area contributed by atoms with Crippen molar-refractivity contribution in [1.29, 1.82) is 0 Å². The number of aromatic nitrogens is 2. The molecule has 19 heavy (non-hydrogen) atoms. The highest BCUT2D eigenvalue weighted by atomic mass is 16.4. The normalized spacial score (nSPS) is 17.8. The second kappa shape index (κ2) is 5.03. The molecule has 6 nitrogen and oxygen atoms in total. The van der Waals surface area contributed by atoms with Crippen molar-refractivity contribution in [3.8, 4) is 0 Å². The Balaban J connectivity index is 2.03. The van der Waals surface area contributed by atoms with E-state index >= 15 is 0 Å². The molecule has 1 amide bonds. The predicted molar refractivity (Wildman–Crippen MR) is 68.4 cm³/mol. The van der Waals surface area contributed by atoms with Crippen LogP contribution in [-0.4, -0.2) is 32.8 Å². The molecule has 1 aromatic heterocycles. The summed E-state index contributed by atoms with van der Waals surface area (Å²) in [4.78, 5) is 23.5. The molecule has 0 bridgehead atoms. The fraction of sp³-hybridized carbons (Fsp3) is 0.615. The molecule has 0 aromatic carbocycles. The number of nitrogens with zero attached hydrogens (tertiary/aromatic N) is 2. The maximum Gasteiger partial charge on any atom is 0.318 e. The Labute approximate surface area is 111 Å². The van der Waals surface area contributed by atoms with Gasteiger partial charge in [0, 0.05) is 25.0 Å². The van der Waals surface area contributed by atoms with Crippen molar-refractivity contribution in [2.75, 3.05) is 0 Å². The maximum absolute atomic E-state index is 12.1. The van der Waals surface area contributed by atoms with Crippen LogP contribution in [0.1, 0.15) is 31.9 Å². The average Bonchev–Trinajstić information content (AvgIpc) is 3.07. The topological polar surface area (TPSA) is 84.2 Å². The minimum absolute atomic E-state index is 0.169. The number of carboxylic acids is 1. The van der Waals surface area contributed by atoms with Crippen molar-refractivity contribution in [2.45, 2.75) is 38.6 Å². The Kier molecular flexibility index (Phi) is 3.59. The van der Waals surface area contributed by atoms with Gasteiger partial charge in [-0.15, -0.1) is 0 Å². The van der Waals surface area contributed by atoms with Crippen LogP contribution in [0.2, 0.25) is 0 Å². The Morgan fingerprint density at radius 1 is 1.58 bits per heavy atom. The lowest BCUT2D eigenvalue weighted by molar-refractivity contribution is -0.155. The van der Waals surface area contributed by atoms with E-state index in [4.69, 9.17) is 0 Å². The minimum atomic E-state index is -1.38. The molecule has 2 rings (SSSR count). The van der Waals surface area contributed by atoms with E-state index in [2.05, 4.69) is 10.4 Å². The van der Waals surface area contributed by atoms with E-state index in [-0.39, 0.29) is 18.4 Å². The van der Waals surface area contributed by atoms with Gasteiger partial charge in [0.1, 0.15) is 5.41 Å². The molecular formula is C13H19N3O3. The standard InChI is InChI=1S/C13H19N3O3/c1-13(12(18)19,11(17)15-9-3-4-9)7-5-10-6-8-14-16(10)2/h6,8-9H,3-5,7H2,1-2H3,(H,15,17)(H,18,19). The zero-order valence-electron chi connectivity index (χ0n) is 11.2. The second-order valence-electron chi connectivity index (χ2n) is 5.33. The highest BCUT2D eigenvalue weighted by Crippen LogP contribution is 2.27. The average molecular weight is 265 g/mol. The first kappa shape index (κ1) is 13.6. The number of nitrogens with one attached hydrogen (secondary N) is 1. The third kappa shape index (κ3) is 2.94. The van der Waals surface area contributed by atoms with Crippen LogP contribution in [0.25, 0.3) is 0 Å². The molecule has 0 aliphatic heterocycles. The summed E-state index contributed by atoms with van der Waals surface area (Å²) in [5.74, 6) is -1.46. The zero-order chi connectivity index (χ0) is 14.0. The smallest absolute Gasteiger partial charge is 0.318 e. The summed E-state index contributed by atoms with van der Waals surface area (Å²) in [6.07, 6.45) is 4.34. The second-order valence-corrected chi connectivity index (χ2v) is 5.33. The van der Waals surface area contributed by atoms with E-state index in [0.717, 1.165) is 18.5 Å². The number of aryl methyl sites for hydroxylation is 2. The molecule has 0 radical (unpaired) electrons. The zero-order valence-corrected chi connectivity index (χ0v) is 11.2. The molecule has 1 aliphatic rings. The SMILES string of the molecule is Cn1nccc1CCC(C)(C(=O)O)C(=O)NC1CC1. The first-order valence-corrected chi connectivity index (χ1v) is 6.45. The van der Waals surface area contributed by atoms with Crippen LogP contribution < -0.4 is 5.32 Å². The molecule has 1 unspecified atom stereocenters. The van der Waals surface area contributed by atoms with E-state index in [0.29, 0.717) is 6.42 Å². The van der Waals surface area contributed by atoms with E-state index in [9.17, 15) is 14.7 Å². The van der Waals surface area contributed by atoms with Gasteiger partial charge in [-0.1, -0.05) is 0 Å². The summed E-state index contributed by atoms with van der Waals surface area (Å²) >= 11 is 0. The van der Waals surface area contributed by atoms with Gasteiger partial charge in [0.2, 0.25) is 5.91 Å². The maximum atomic E-state index is 12.1. The number of aliphatic carboxylic acids is 1. The summed E-state index contributed by atoms with van der Waals surface area (Å²) in [7, 11) is 1.80. The van der Waals surface area contributed by atoms with Gasteiger partial charge in [-0.3, -0.25) is 14.3 Å². The predicted octanol–water partition coefficient (Wildman–Crippen LogP) is 0.722. The quantitative estimate of drug-likeness (QED) is 0.742. The van der Waals surface area contributed by atoms with Crippen molar-refractivity contribution in [3.05, 3.63) is 18.0 Å². The van der Waals surface area contributed by atoms with Crippen LogP contribution in [0.4, 0.5) is 0 Å². The van der Waals surface area contributed by atoms with Gasteiger partial charge in [-0.2, -0.15) is 5.10 Å². The Bertz CT molecular complexity index is 493. The van der Waals surface area contributed by atoms with Gasteiger partial charge < -0.3 is 10.4 Å². The summed E-state index contributed by atoms with van der Waals surface area (Å²) in [5, 5.41) is 16.2. The van der Waals surface area contributed by atoms with Crippen molar-refractivity contribution < 1.29 is 14.7 Å². The first-order chi connectivity index (χ1) is 8.93. The third-order valence-electron chi connectivity index (χ3n) is 3.69. The number of rotatable bonds is 6. The lowest BCUT2D eigenvalue weighted by Crippen LogP contribution is -2.45. The van der Waals surface area contributed by atoms with Gasteiger partial charge in [0.05, 0.1) is 0 Å². The highest BCUT2D eigenvalue weighted by Gasteiger charge is 2.42. The summed E-state index contributed by atoms with van der Waals surface area (Å²) in [5.41, 5.74) is -0.459. The summed E-state index contributed by atoms with van der Waals surface area (Å²) < 4.78 is 1.70. The third-order valence-corrected chi connectivity index (χ3v) is 3.69. The molecule has 1 fully saturated rings. The van der Waals surface area contributed by atoms with Gasteiger partial charge in [-0.05, 0) is 38.7 Å². The van der Waals surface area contributed by atoms with Crippen molar-refractivity contribution in [2.24, 2.45) is 12.5 Å². The van der Waals surface area contributed by atoms with Gasteiger partial charge in [0.25, 0.3) is 0 Å². The molecule has 6 heteroatoms. The van der Waals surface area contributed by atoms with Crippen LogP contribution in [0.3, 0.4) is 0 Å². The molecular weight excluding hydrogens is 246 g/mol. The molecule has 104 valence electrons. The van der Waals surface area contributed by atoms with Gasteiger partial charge in [0.15, 0.2) is 0 Å². The molecule has 2 N–H and O–H groups in total. The highest BCUT2D eigenvalue weighted by molar-refractivity contribution is 6.01. The lowest BCUT2D eigenvalue weighted by atomic mass is 9.83. The molecule has 0 spiro atoms. The summed E-state index contributed by atoms with van der Waals surface area (Å²) in [6.45, 7) is 1.49. The molecule has 1 saturated carbocycles. The molecule has 1 atom stereocenters. The fourth-order valence-electron chi connectivity index (χ4n) is 1.91. The Morgan fingerprint density at radius 3 is 2.74 bits per heavy atom. The number of hydrogen-bond acceptors (Lipinski definition) is 3. The van der Waals surface area contributed by atoms with E-state index < -0.39 is 11.4 Å². The Morgan fingerprint density at radius 2 is 2.26 bits per heavy atom. The molecule has 0 saturated heterocycles. The van der Waals surface area contributed by atoms with Crippen molar-refractivity contribution in [3.63, 3.8) is 0 Å². The Hall–Kier alpha value is -1.85. The largest absolute Gasteiger partial charge is 0.480 e. The van der Waals surface area contributed by atoms with Crippen LogP contribution in [0.15, 0.2) is 12.3 Å². The van der Waals surface area contributed by atoms with Crippen LogP contribution >= 0.6 is 0 Å². The monoisotopic (exact) mass is 265 g/mol. The van der Waals surface area contributed by atoms with Gasteiger partial charge in [-0.25, -0.2) is 0 Å². The fourth-order valence-corrected chi connectivity index (χ4v) is 1.91. The van der Waals surface area contributed by atoms with Crippen LogP contribution in [0, 0.1) is 5.41 Å². The van der Waals surface area contributed by atoms with Crippen molar-refractivity contribution in [1.82, 2.24) is 15.1 Å². The minimum Gasteiger partial charge on any atom is -0.480 e. The number of hydrogen-bond donors (Lipinski definition) is 2. The first-order valence-electron chi connectivity index (χ1n) is 6.45. The van der Waals surface area contributed by atoms with E-state index in [1.807, 2.05) is 6.07 Å². The van der Waals surface area contributed by atoms with E-state index in [1.165, 1.54) is 6.92 Å². The molecule has 1 aromatic rings. The summed E-state index contributed by atoms with van der Waals surface area (Å²) in [6, 6.07) is 2.00.